The topological polar surface area (TPSA) is 35.5 Å². The fraction of sp³-hybridized carbons (Fsp3) is 0.952. The van der Waals surface area contributed by atoms with Crippen molar-refractivity contribution in [2.75, 3.05) is 13.2 Å². The van der Waals surface area contributed by atoms with Gasteiger partial charge in [0.25, 0.3) is 0 Å². The number of fused-ring (bicyclic) bond motifs is 5. The first-order valence-electron chi connectivity index (χ1n) is 10.3. The second-order valence-corrected chi connectivity index (χ2v) is 10.0. The average Bonchev–Trinajstić information content (AvgIpc) is 3.16. The Bertz CT molecular complexity index is 551. The van der Waals surface area contributed by atoms with Gasteiger partial charge in [-0.2, -0.15) is 0 Å². The lowest BCUT2D eigenvalue weighted by Gasteiger charge is -2.60. The molecule has 4 aliphatic carbocycles. The molecular formula is C21H32O3. The lowest BCUT2D eigenvalue weighted by atomic mass is 9.44. The van der Waals surface area contributed by atoms with Gasteiger partial charge in [-0.3, -0.25) is 4.79 Å². The van der Waals surface area contributed by atoms with Crippen LogP contribution in [0, 0.1) is 34.5 Å². The molecule has 134 valence electrons. The van der Waals surface area contributed by atoms with Gasteiger partial charge in [-0.15, -0.1) is 0 Å². The molecule has 0 N–H and O–H groups in total. The van der Waals surface area contributed by atoms with Crippen LogP contribution in [-0.4, -0.2) is 24.8 Å². The highest BCUT2D eigenvalue weighted by Gasteiger charge is 2.62. The van der Waals surface area contributed by atoms with Crippen molar-refractivity contribution < 1.29 is 14.3 Å². The maximum atomic E-state index is 13.2. The van der Waals surface area contributed by atoms with Gasteiger partial charge < -0.3 is 9.47 Å². The minimum Gasteiger partial charge on any atom is -0.348 e. The van der Waals surface area contributed by atoms with Crippen molar-refractivity contribution in [3.05, 3.63) is 0 Å². The molecule has 1 heterocycles. The van der Waals surface area contributed by atoms with E-state index in [9.17, 15) is 4.79 Å². The van der Waals surface area contributed by atoms with E-state index < -0.39 is 0 Å². The maximum absolute atomic E-state index is 13.2. The van der Waals surface area contributed by atoms with E-state index in [2.05, 4.69) is 13.8 Å². The van der Waals surface area contributed by atoms with Crippen LogP contribution in [0.25, 0.3) is 0 Å². The van der Waals surface area contributed by atoms with E-state index >= 15 is 0 Å². The van der Waals surface area contributed by atoms with E-state index in [1.807, 2.05) is 0 Å². The molecule has 1 saturated heterocycles. The predicted octanol–water partition coefficient (Wildman–Crippen LogP) is 4.34. The lowest BCUT2D eigenvalue weighted by molar-refractivity contribution is -0.226. The Morgan fingerprint density at radius 3 is 2.54 bits per heavy atom. The first kappa shape index (κ1) is 15.8. The van der Waals surface area contributed by atoms with Crippen molar-refractivity contribution in [3.63, 3.8) is 0 Å². The van der Waals surface area contributed by atoms with E-state index in [-0.39, 0.29) is 5.79 Å². The van der Waals surface area contributed by atoms with Crippen LogP contribution in [0.3, 0.4) is 0 Å². The standard InChI is InChI=1S/C21H32O3/c1-19-6-3-4-15(19)18-16(5-7-19)20(2)8-9-21(23-10-11-24-21)13-14(20)12-17(18)22/h14-16,18H,3-13H2,1-2H3/t14-,15+,16-,18-,19+,20+/m0/s1. The van der Waals surface area contributed by atoms with Crippen LogP contribution in [0.15, 0.2) is 0 Å². The molecule has 0 amide bonds. The Morgan fingerprint density at radius 1 is 0.958 bits per heavy atom. The fourth-order valence-electron chi connectivity index (χ4n) is 7.62. The molecule has 3 nitrogen and oxygen atoms in total. The number of Topliss-reactive ketones (excluding diaryl/α,β-unsaturated/α-hetero) is 1. The zero-order chi connectivity index (χ0) is 16.6. The Labute approximate surface area is 145 Å². The molecule has 1 spiro atoms. The quantitative estimate of drug-likeness (QED) is 0.662. The number of carbonyl (C=O) groups excluding carboxylic acids is 1. The second kappa shape index (κ2) is 5.07. The third-order valence-electron chi connectivity index (χ3n) is 9.07. The number of hydrogen-bond acceptors (Lipinski definition) is 3. The average molecular weight is 332 g/mol. The third-order valence-corrected chi connectivity index (χ3v) is 9.07. The normalized spacial score (nSPS) is 52.8. The zero-order valence-electron chi connectivity index (χ0n) is 15.3. The smallest absolute Gasteiger partial charge is 0.168 e. The van der Waals surface area contributed by atoms with Crippen LogP contribution < -0.4 is 0 Å². The van der Waals surface area contributed by atoms with Crippen LogP contribution >= 0.6 is 0 Å². The first-order chi connectivity index (χ1) is 11.5. The van der Waals surface area contributed by atoms with Crippen LogP contribution in [-0.2, 0) is 14.3 Å². The lowest BCUT2D eigenvalue weighted by Crippen LogP contribution is -2.58. The maximum Gasteiger partial charge on any atom is 0.168 e. The highest BCUT2D eigenvalue weighted by molar-refractivity contribution is 5.83. The molecular weight excluding hydrogens is 300 g/mol. The summed E-state index contributed by atoms with van der Waals surface area (Å²) >= 11 is 0. The van der Waals surface area contributed by atoms with Crippen molar-refractivity contribution in [1.82, 2.24) is 0 Å². The molecule has 4 saturated carbocycles. The molecule has 5 rings (SSSR count). The van der Waals surface area contributed by atoms with Gasteiger partial charge in [-0.1, -0.05) is 20.3 Å². The molecule has 0 bridgehead atoms. The fourth-order valence-corrected chi connectivity index (χ4v) is 7.62. The molecule has 0 aromatic carbocycles. The molecule has 0 radical (unpaired) electrons. The van der Waals surface area contributed by atoms with E-state index in [0.29, 0.717) is 40.3 Å². The third kappa shape index (κ3) is 2.00. The van der Waals surface area contributed by atoms with Gasteiger partial charge in [0.15, 0.2) is 5.79 Å². The number of rotatable bonds is 0. The van der Waals surface area contributed by atoms with Crippen LogP contribution in [0.4, 0.5) is 0 Å². The molecule has 0 unspecified atom stereocenters. The minimum absolute atomic E-state index is 0.322. The summed E-state index contributed by atoms with van der Waals surface area (Å²) in [4.78, 5) is 13.2. The number of hydrogen-bond donors (Lipinski definition) is 0. The van der Waals surface area contributed by atoms with Crippen molar-refractivity contribution >= 4 is 5.78 Å². The molecule has 6 atom stereocenters. The van der Waals surface area contributed by atoms with E-state index in [0.717, 1.165) is 32.5 Å². The molecule has 24 heavy (non-hydrogen) atoms. The summed E-state index contributed by atoms with van der Waals surface area (Å²) in [5, 5.41) is 0. The predicted molar refractivity (Wildman–Crippen MR) is 91.4 cm³/mol. The van der Waals surface area contributed by atoms with Gasteiger partial charge in [0.05, 0.1) is 13.2 Å². The number of ketones is 1. The molecule has 5 aliphatic rings. The van der Waals surface area contributed by atoms with Gasteiger partial charge in [0, 0.05) is 25.2 Å². The van der Waals surface area contributed by atoms with Crippen LogP contribution in [0.1, 0.15) is 71.6 Å². The molecule has 0 aromatic heterocycles. The van der Waals surface area contributed by atoms with Gasteiger partial charge >= 0.3 is 0 Å². The minimum atomic E-state index is -0.353. The first-order valence-corrected chi connectivity index (χ1v) is 10.3. The summed E-state index contributed by atoms with van der Waals surface area (Å²) in [6.45, 7) is 6.42. The largest absolute Gasteiger partial charge is 0.348 e. The van der Waals surface area contributed by atoms with Gasteiger partial charge in [-0.25, -0.2) is 0 Å². The summed E-state index contributed by atoms with van der Waals surface area (Å²) in [6.07, 6.45) is 10.5. The van der Waals surface area contributed by atoms with E-state index in [1.54, 1.807) is 0 Å². The summed E-state index contributed by atoms with van der Waals surface area (Å²) in [6, 6.07) is 0. The number of carbonyl (C=O) groups is 1. The van der Waals surface area contributed by atoms with Gasteiger partial charge in [0.2, 0.25) is 0 Å². The van der Waals surface area contributed by atoms with E-state index in [1.165, 1.54) is 38.5 Å². The Kier molecular flexibility index (Phi) is 3.34. The van der Waals surface area contributed by atoms with Gasteiger partial charge in [-0.05, 0) is 60.7 Å². The van der Waals surface area contributed by atoms with Crippen molar-refractivity contribution in [1.29, 1.82) is 0 Å². The molecule has 3 heteroatoms. The van der Waals surface area contributed by atoms with Crippen molar-refractivity contribution in [2.45, 2.75) is 77.4 Å². The van der Waals surface area contributed by atoms with Crippen molar-refractivity contribution in [2.24, 2.45) is 34.5 Å². The molecule has 1 aliphatic heterocycles. The molecule has 0 aromatic rings. The highest BCUT2D eigenvalue weighted by Crippen LogP contribution is 2.66. The molecule has 5 fully saturated rings. The Morgan fingerprint density at radius 2 is 1.75 bits per heavy atom. The Hall–Kier alpha value is -0.410. The summed E-state index contributed by atoms with van der Waals surface area (Å²) in [5.74, 6) is 2.31. The summed E-state index contributed by atoms with van der Waals surface area (Å²) in [7, 11) is 0. The van der Waals surface area contributed by atoms with Crippen LogP contribution in [0.2, 0.25) is 0 Å². The zero-order valence-corrected chi connectivity index (χ0v) is 15.3. The van der Waals surface area contributed by atoms with Gasteiger partial charge in [0.1, 0.15) is 5.78 Å². The highest BCUT2D eigenvalue weighted by atomic mass is 16.7. The Balaban J connectivity index is 1.46. The SMILES string of the molecule is C[C@]12CCC[C@@H]1[C@@H]1C(=O)C[C@H]3CC4(CC[C@@]3(C)[C@H]1CC2)OCCO4. The monoisotopic (exact) mass is 332 g/mol. The summed E-state index contributed by atoms with van der Waals surface area (Å²) in [5.41, 5.74) is 0.774. The van der Waals surface area contributed by atoms with E-state index in [4.69, 9.17) is 9.47 Å². The van der Waals surface area contributed by atoms with Crippen molar-refractivity contribution in [3.8, 4) is 0 Å². The van der Waals surface area contributed by atoms with Crippen LogP contribution in [0.5, 0.6) is 0 Å². The number of ether oxygens (including phenoxy) is 2. The second-order valence-electron chi connectivity index (χ2n) is 10.0. The summed E-state index contributed by atoms with van der Waals surface area (Å²) < 4.78 is 12.0.